The summed E-state index contributed by atoms with van der Waals surface area (Å²) in [5.41, 5.74) is 0.957. The first kappa shape index (κ1) is 11.5. The van der Waals surface area contributed by atoms with Crippen LogP contribution in [0.3, 0.4) is 0 Å². The summed E-state index contributed by atoms with van der Waals surface area (Å²) >= 11 is 3.38. The van der Waals surface area contributed by atoms with Gasteiger partial charge in [0.25, 0.3) is 0 Å². The van der Waals surface area contributed by atoms with Crippen LogP contribution in [0.15, 0.2) is 22.9 Å². The zero-order valence-electron chi connectivity index (χ0n) is 8.86. The Balaban J connectivity index is 2.18. The van der Waals surface area contributed by atoms with Crippen LogP contribution in [0, 0.1) is 11.3 Å². The molecule has 0 bridgehead atoms. The van der Waals surface area contributed by atoms with E-state index in [0.717, 1.165) is 36.2 Å². The quantitative estimate of drug-likeness (QED) is 0.888. The Bertz CT molecular complexity index is 395. The second-order valence-corrected chi connectivity index (χ2v) is 4.67. The number of nitrogens with one attached hydrogen (secondary N) is 1. The normalized spacial score (nSPS) is 19.0. The van der Waals surface area contributed by atoms with Crippen LogP contribution in [-0.4, -0.2) is 36.1 Å². The maximum Gasteiger partial charge on any atom is 0.125 e. The SMILES string of the molecule is N#CC(c1cncc(Br)c1)N1CCNCC1. The van der Waals surface area contributed by atoms with Crippen molar-refractivity contribution in [3.8, 4) is 6.07 Å². The molecule has 0 radical (unpaired) electrons. The summed E-state index contributed by atoms with van der Waals surface area (Å²) in [7, 11) is 0. The molecule has 0 spiro atoms. The molecule has 1 aromatic rings. The van der Waals surface area contributed by atoms with Crippen LogP contribution in [0.4, 0.5) is 0 Å². The second kappa shape index (κ2) is 5.39. The van der Waals surface area contributed by atoms with Gasteiger partial charge in [-0.3, -0.25) is 9.88 Å². The minimum absolute atomic E-state index is 0.188. The van der Waals surface area contributed by atoms with Crippen LogP contribution >= 0.6 is 15.9 Å². The summed E-state index contributed by atoms with van der Waals surface area (Å²) in [5, 5.41) is 12.5. The number of rotatable bonds is 2. The van der Waals surface area contributed by atoms with Gasteiger partial charge in [-0.05, 0) is 22.0 Å². The molecule has 1 aromatic heterocycles. The van der Waals surface area contributed by atoms with E-state index in [1.807, 2.05) is 6.07 Å². The molecule has 1 fully saturated rings. The van der Waals surface area contributed by atoms with Crippen molar-refractivity contribution < 1.29 is 0 Å². The maximum atomic E-state index is 9.27. The summed E-state index contributed by atoms with van der Waals surface area (Å²) in [6.45, 7) is 3.70. The molecule has 0 aromatic carbocycles. The summed E-state index contributed by atoms with van der Waals surface area (Å²) in [6.07, 6.45) is 3.50. The predicted octanol–water partition coefficient (Wildman–Crippen LogP) is 1.31. The molecule has 4 nitrogen and oxygen atoms in total. The highest BCUT2D eigenvalue weighted by Crippen LogP contribution is 2.22. The fourth-order valence-electron chi connectivity index (χ4n) is 1.89. The topological polar surface area (TPSA) is 52.0 Å². The summed E-state index contributed by atoms with van der Waals surface area (Å²) in [5.74, 6) is 0. The molecule has 1 aliphatic rings. The first-order chi connectivity index (χ1) is 7.81. The lowest BCUT2D eigenvalue weighted by Crippen LogP contribution is -2.44. The Morgan fingerprint density at radius 3 is 2.81 bits per heavy atom. The van der Waals surface area contributed by atoms with Gasteiger partial charge in [-0.15, -0.1) is 0 Å². The van der Waals surface area contributed by atoms with Gasteiger partial charge in [-0.2, -0.15) is 5.26 Å². The molecular weight excluding hydrogens is 268 g/mol. The number of hydrogen-bond acceptors (Lipinski definition) is 4. The van der Waals surface area contributed by atoms with Gasteiger partial charge in [0.05, 0.1) is 6.07 Å². The van der Waals surface area contributed by atoms with E-state index in [-0.39, 0.29) is 6.04 Å². The molecule has 84 valence electrons. The zero-order chi connectivity index (χ0) is 11.4. The van der Waals surface area contributed by atoms with Gasteiger partial charge in [-0.1, -0.05) is 0 Å². The van der Waals surface area contributed by atoms with Gasteiger partial charge >= 0.3 is 0 Å². The predicted molar refractivity (Wildman–Crippen MR) is 64.7 cm³/mol. The van der Waals surface area contributed by atoms with E-state index in [1.54, 1.807) is 12.4 Å². The molecule has 1 N–H and O–H groups in total. The van der Waals surface area contributed by atoms with Crippen molar-refractivity contribution in [2.45, 2.75) is 6.04 Å². The highest BCUT2D eigenvalue weighted by atomic mass is 79.9. The van der Waals surface area contributed by atoms with Crippen LogP contribution in [0.1, 0.15) is 11.6 Å². The van der Waals surface area contributed by atoms with Gasteiger partial charge in [0.15, 0.2) is 0 Å². The van der Waals surface area contributed by atoms with Gasteiger partial charge in [-0.25, -0.2) is 0 Å². The number of aromatic nitrogens is 1. The number of piperazine rings is 1. The molecule has 1 saturated heterocycles. The third-order valence-corrected chi connectivity index (χ3v) is 3.11. The van der Waals surface area contributed by atoms with E-state index < -0.39 is 0 Å². The molecular formula is C11H13BrN4. The average Bonchev–Trinajstić information content (AvgIpc) is 2.31. The number of nitriles is 1. The van der Waals surface area contributed by atoms with Crippen molar-refractivity contribution in [2.24, 2.45) is 0 Å². The fraction of sp³-hybridized carbons (Fsp3) is 0.455. The number of hydrogen-bond donors (Lipinski definition) is 1. The van der Waals surface area contributed by atoms with Crippen molar-refractivity contribution >= 4 is 15.9 Å². The average molecular weight is 281 g/mol. The largest absolute Gasteiger partial charge is 0.314 e. The molecule has 0 saturated carbocycles. The number of halogens is 1. The molecule has 1 atom stereocenters. The highest BCUT2D eigenvalue weighted by molar-refractivity contribution is 9.10. The molecule has 1 unspecified atom stereocenters. The number of pyridine rings is 1. The van der Waals surface area contributed by atoms with E-state index in [1.165, 1.54) is 0 Å². The van der Waals surface area contributed by atoms with Crippen LogP contribution in [0.25, 0.3) is 0 Å². The third-order valence-electron chi connectivity index (χ3n) is 2.68. The lowest BCUT2D eigenvalue weighted by atomic mass is 10.1. The lowest BCUT2D eigenvalue weighted by molar-refractivity contribution is 0.207. The molecule has 1 aliphatic heterocycles. The summed E-state index contributed by atoms with van der Waals surface area (Å²) in [4.78, 5) is 6.29. The smallest absolute Gasteiger partial charge is 0.125 e. The van der Waals surface area contributed by atoms with Gasteiger partial charge < -0.3 is 5.32 Å². The summed E-state index contributed by atoms with van der Waals surface area (Å²) in [6, 6.07) is 4.13. The standard InChI is InChI=1S/C11H13BrN4/c12-10-5-9(7-15-8-10)11(6-13)16-3-1-14-2-4-16/h5,7-8,11,14H,1-4H2. The fourth-order valence-corrected chi connectivity index (χ4v) is 2.27. The van der Waals surface area contributed by atoms with Crippen molar-refractivity contribution in [2.75, 3.05) is 26.2 Å². The van der Waals surface area contributed by atoms with E-state index >= 15 is 0 Å². The molecule has 5 heteroatoms. The molecule has 16 heavy (non-hydrogen) atoms. The van der Waals surface area contributed by atoms with Crippen LogP contribution in [0.5, 0.6) is 0 Å². The lowest BCUT2D eigenvalue weighted by Gasteiger charge is -2.31. The van der Waals surface area contributed by atoms with Gasteiger partial charge in [0, 0.05) is 48.6 Å². The van der Waals surface area contributed by atoms with E-state index in [4.69, 9.17) is 0 Å². The van der Waals surface area contributed by atoms with E-state index in [0.29, 0.717) is 0 Å². The van der Waals surface area contributed by atoms with Crippen LogP contribution in [0.2, 0.25) is 0 Å². The minimum atomic E-state index is -0.188. The Morgan fingerprint density at radius 1 is 1.44 bits per heavy atom. The highest BCUT2D eigenvalue weighted by Gasteiger charge is 2.21. The minimum Gasteiger partial charge on any atom is -0.314 e. The molecule has 0 amide bonds. The van der Waals surface area contributed by atoms with Crippen LogP contribution < -0.4 is 5.32 Å². The van der Waals surface area contributed by atoms with Crippen molar-refractivity contribution in [1.29, 1.82) is 5.26 Å². The third kappa shape index (κ3) is 2.59. The Labute approximate surface area is 103 Å². The van der Waals surface area contributed by atoms with Crippen LogP contribution in [-0.2, 0) is 0 Å². The first-order valence-electron chi connectivity index (χ1n) is 5.26. The monoisotopic (exact) mass is 280 g/mol. The van der Waals surface area contributed by atoms with Crippen molar-refractivity contribution in [3.63, 3.8) is 0 Å². The molecule has 0 aliphatic carbocycles. The Kier molecular flexibility index (Phi) is 3.88. The maximum absolute atomic E-state index is 9.27. The van der Waals surface area contributed by atoms with Gasteiger partial charge in [0.1, 0.15) is 6.04 Å². The summed E-state index contributed by atoms with van der Waals surface area (Å²) < 4.78 is 0.917. The van der Waals surface area contributed by atoms with E-state index in [9.17, 15) is 5.26 Å². The number of nitrogens with zero attached hydrogens (tertiary/aromatic N) is 3. The Morgan fingerprint density at radius 2 is 2.19 bits per heavy atom. The van der Waals surface area contributed by atoms with Crippen molar-refractivity contribution in [1.82, 2.24) is 15.2 Å². The van der Waals surface area contributed by atoms with E-state index in [2.05, 4.69) is 37.2 Å². The van der Waals surface area contributed by atoms with Crippen molar-refractivity contribution in [3.05, 3.63) is 28.5 Å². The first-order valence-corrected chi connectivity index (χ1v) is 6.05. The van der Waals surface area contributed by atoms with Gasteiger partial charge in [0.2, 0.25) is 0 Å². The molecule has 2 rings (SSSR count). The second-order valence-electron chi connectivity index (χ2n) is 3.75. The zero-order valence-corrected chi connectivity index (χ0v) is 10.4. The Hall–Kier alpha value is -0.960. The molecule has 2 heterocycles.